The maximum Gasteiger partial charge on any atom is 0.342 e. The number of ether oxygens (including phenoxy) is 2. The molecule has 0 unspecified atom stereocenters. The summed E-state index contributed by atoms with van der Waals surface area (Å²) in [6.45, 7) is 4.12. The van der Waals surface area contributed by atoms with Crippen molar-refractivity contribution in [3.8, 4) is 5.75 Å². The van der Waals surface area contributed by atoms with Crippen LogP contribution in [0.25, 0.3) is 0 Å². The maximum absolute atomic E-state index is 12.9. The zero-order valence-corrected chi connectivity index (χ0v) is 18.3. The first kappa shape index (κ1) is 23.7. The third kappa shape index (κ3) is 4.77. The molecule has 0 aliphatic heterocycles. The van der Waals surface area contributed by atoms with Crippen LogP contribution < -0.4 is 10.0 Å². The van der Waals surface area contributed by atoms with E-state index in [9.17, 15) is 27.9 Å². The lowest BCUT2D eigenvalue weighted by atomic mass is 9.95. The Bertz CT molecular complexity index is 1110. The molecule has 31 heavy (non-hydrogen) atoms. The van der Waals surface area contributed by atoms with E-state index >= 15 is 0 Å². The van der Waals surface area contributed by atoms with Gasteiger partial charge < -0.3 is 19.9 Å². The number of phenolic OH excluding ortho intramolecular Hbond substituents is 1. The summed E-state index contributed by atoms with van der Waals surface area (Å²) in [5.74, 6) is -2.90. The van der Waals surface area contributed by atoms with E-state index in [1.54, 1.807) is 0 Å². The van der Waals surface area contributed by atoms with Crippen LogP contribution in [-0.4, -0.2) is 45.6 Å². The van der Waals surface area contributed by atoms with Crippen LogP contribution >= 0.6 is 0 Å². The van der Waals surface area contributed by atoms with Crippen LogP contribution in [0.1, 0.15) is 38.8 Å². The number of anilines is 2. The van der Waals surface area contributed by atoms with Crippen LogP contribution in [0, 0.1) is 13.8 Å². The van der Waals surface area contributed by atoms with Crippen LogP contribution in [-0.2, 0) is 24.3 Å². The van der Waals surface area contributed by atoms with Crippen molar-refractivity contribution < 1.29 is 37.4 Å². The molecular weight excluding hydrogens is 428 g/mol. The van der Waals surface area contributed by atoms with Gasteiger partial charge in [-0.15, -0.1) is 0 Å². The van der Waals surface area contributed by atoms with Gasteiger partial charge in [-0.25, -0.2) is 18.0 Å². The minimum Gasteiger partial charge on any atom is -0.506 e. The predicted octanol–water partition coefficient (Wildman–Crippen LogP) is 2.34. The third-order valence-electron chi connectivity index (χ3n) is 4.47. The number of aromatic hydroxyl groups is 1. The molecule has 0 aliphatic carbocycles. The average molecular weight is 450 g/mol. The zero-order valence-electron chi connectivity index (χ0n) is 17.5. The summed E-state index contributed by atoms with van der Waals surface area (Å²) in [5, 5.41) is 13.0. The van der Waals surface area contributed by atoms with Crippen molar-refractivity contribution in [2.24, 2.45) is 0 Å². The number of benzene rings is 2. The van der Waals surface area contributed by atoms with Gasteiger partial charge in [0.2, 0.25) is 5.91 Å². The Morgan fingerprint density at radius 1 is 0.903 bits per heavy atom. The lowest BCUT2D eigenvalue weighted by Crippen LogP contribution is -2.19. The van der Waals surface area contributed by atoms with Crippen molar-refractivity contribution >= 4 is 39.2 Å². The largest absolute Gasteiger partial charge is 0.506 e. The van der Waals surface area contributed by atoms with Crippen LogP contribution in [0.4, 0.5) is 11.4 Å². The molecule has 0 heterocycles. The first-order chi connectivity index (χ1) is 14.4. The Hall–Kier alpha value is -3.60. The van der Waals surface area contributed by atoms with E-state index in [-0.39, 0.29) is 38.7 Å². The second kappa shape index (κ2) is 9.04. The van der Waals surface area contributed by atoms with Crippen LogP contribution in [0.15, 0.2) is 29.2 Å². The minimum absolute atomic E-state index is 0.0629. The summed E-state index contributed by atoms with van der Waals surface area (Å²) >= 11 is 0. The van der Waals surface area contributed by atoms with Gasteiger partial charge in [0, 0.05) is 12.6 Å². The zero-order chi connectivity index (χ0) is 23.5. The predicted molar refractivity (Wildman–Crippen MR) is 112 cm³/mol. The lowest BCUT2D eigenvalue weighted by molar-refractivity contribution is -0.114. The van der Waals surface area contributed by atoms with Gasteiger partial charge in [0.05, 0.1) is 24.8 Å². The molecule has 3 N–H and O–H groups in total. The highest BCUT2D eigenvalue weighted by Crippen LogP contribution is 2.38. The Morgan fingerprint density at radius 2 is 1.35 bits per heavy atom. The molecule has 0 spiro atoms. The fraction of sp³-hybridized carbons (Fsp3) is 0.250. The number of amides is 1. The number of hydrogen-bond acceptors (Lipinski definition) is 8. The summed E-state index contributed by atoms with van der Waals surface area (Å²) in [4.78, 5) is 35.4. The molecule has 2 aromatic carbocycles. The number of hydrogen-bond donors (Lipinski definition) is 3. The van der Waals surface area contributed by atoms with Gasteiger partial charge in [-0.3, -0.25) is 9.52 Å². The molecule has 0 aromatic heterocycles. The summed E-state index contributed by atoms with van der Waals surface area (Å²) in [5.41, 5.74) is -0.283. The number of carbonyl (C=O) groups is 3. The van der Waals surface area contributed by atoms with E-state index in [0.29, 0.717) is 5.69 Å². The lowest BCUT2D eigenvalue weighted by Gasteiger charge is -2.20. The number of esters is 2. The molecule has 0 saturated heterocycles. The number of sulfonamides is 1. The molecule has 0 saturated carbocycles. The summed E-state index contributed by atoms with van der Waals surface area (Å²) in [6, 6.07) is 5.38. The van der Waals surface area contributed by atoms with Crippen molar-refractivity contribution in [3.05, 3.63) is 46.5 Å². The van der Waals surface area contributed by atoms with Gasteiger partial charge in [0.1, 0.15) is 16.9 Å². The SMILES string of the molecule is COC(=O)c1c(C)c(NS(=O)(=O)c2ccc(NC(C)=O)cc2)c(C)c(C(=O)OC)c1O. The van der Waals surface area contributed by atoms with Gasteiger partial charge >= 0.3 is 11.9 Å². The molecule has 0 aliphatic rings. The van der Waals surface area contributed by atoms with Crippen molar-refractivity contribution in [3.63, 3.8) is 0 Å². The molecule has 0 fully saturated rings. The normalized spacial score (nSPS) is 10.9. The quantitative estimate of drug-likeness (QED) is 0.449. The van der Waals surface area contributed by atoms with E-state index in [1.165, 1.54) is 45.0 Å². The third-order valence-corrected chi connectivity index (χ3v) is 5.84. The van der Waals surface area contributed by atoms with Crippen molar-refractivity contribution in [1.29, 1.82) is 0 Å². The first-order valence-electron chi connectivity index (χ1n) is 8.87. The van der Waals surface area contributed by atoms with E-state index in [2.05, 4.69) is 19.5 Å². The number of rotatable bonds is 6. The fourth-order valence-corrected chi connectivity index (χ4v) is 4.17. The van der Waals surface area contributed by atoms with Gasteiger partial charge in [-0.1, -0.05) is 0 Å². The molecule has 10 nitrogen and oxygen atoms in total. The molecular formula is C20H22N2O8S. The van der Waals surface area contributed by atoms with Crippen LogP contribution in [0.3, 0.4) is 0 Å². The Kier molecular flexibility index (Phi) is 6.91. The maximum atomic E-state index is 12.9. The van der Waals surface area contributed by atoms with Crippen molar-refractivity contribution in [2.75, 3.05) is 24.3 Å². The second-order valence-corrected chi connectivity index (χ2v) is 8.20. The highest BCUT2D eigenvalue weighted by molar-refractivity contribution is 7.92. The van der Waals surface area contributed by atoms with Crippen LogP contribution in [0.5, 0.6) is 5.75 Å². The highest BCUT2D eigenvalue weighted by Gasteiger charge is 2.30. The standard InChI is InChI=1S/C20H22N2O8S/c1-10-15(19(25)29-4)18(24)16(20(26)30-5)11(2)17(10)22-31(27,28)14-8-6-13(7-9-14)21-12(3)23/h6-9,22,24H,1-5H3,(H,21,23). The first-order valence-corrected chi connectivity index (χ1v) is 10.4. The summed E-state index contributed by atoms with van der Waals surface area (Å²) < 4.78 is 37.5. The minimum atomic E-state index is -4.16. The molecule has 2 rings (SSSR count). The van der Waals surface area contributed by atoms with E-state index < -0.39 is 27.7 Å². The van der Waals surface area contributed by atoms with Gasteiger partial charge in [0.15, 0.2) is 0 Å². The molecule has 166 valence electrons. The second-order valence-electron chi connectivity index (χ2n) is 6.52. The Morgan fingerprint density at radius 3 is 1.74 bits per heavy atom. The van der Waals surface area contributed by atoms with Gasteiger partial charge in [-0.05, 0) is 49.2 Å². The van der Waals surface area contributed by atoms with Gasteiger partial charge in [0.25, 0.3) is 10.0 Å². The van der Waals surface area contributed by atoms with Crippen molar-refractivity contribution in [1.82, 2.24) is 0 Å². The monoisotopic (exact) mass is 450 g/mol. The number of phenols is 1. The number of methoxy groups -OCH3 is 2. The summed E-state index contributed by atoms with van der Waals surface area (Å²) in [7, 11) is -2.00. The molecule has 0 atom stereocenters. The highest BCUT2D eigenvalue weighted by atomic mass is 32.2. The number of nitrogens with one attached hydrogen (secondary N) is 2. The Balaban J connectivity index is 2.63. The van der Waals surface area contributed by atoms with E-state index in [1.807, 2.05) is 0 Å². The van der Waals surface area contributed by atoms with Crippen molar-refractivity contribution in [2.45, 2.75) is 25.7 Å². The van der Waals surface area contributed by atoms with Gasteiger partial charge in [-0.2, -0.15) is 0 Å². The average Bonchev–Trinajstić information content (AvgIpc) is 2.70. The molecule has 0 bridgehead atoms. The molecule has 1 amide bonds. The van der Waals surface area contributed by atoms with Crippen LogP contribution in [0.2, 0.25) is 0 Å². The number of carbonyl (C=O) groups excluding carboxylic acids is 3. The van der Waals surface area contributed by atoms with E-state index in [0.717, 1.165) is 14.2 Å². The molecule has 0 radical (unpaired) electrons. The summed E-state index contributed by atoms with van der Waals surface area (Å²) in [6.07, 6.45) is 0. The molecule has 11 heteroatoms. The van der Waals surface area contributed by atoms with E-state index in [4.69, 9.17) is 0 Å². The molecule has 2 aromatic rings. The fourth-order valence-electron chi connectivity index (χ4n) is 2.98. The smallest absolute Gasteiger partial charge is 0.342 e. The Labute approximate surface area is 179 Å². The topological polar surface area (TPSA) is 148 Å².